The average Bonchev–Trinajstić information content (AvgIpc) is 3.64. The van der Waals surface area contributed by atoms with Gasteiger partial charge < -0.3 is 14.3 Å². The van der Waals surface area contributed by atoms with Gasteiger partial charge >= 0.3 is 0 Å². The number of fused-ring (bicyclic) bond motifs is 11. The molecule has 3 nitrogen and oxygen atoms in total. The van der Waals surface area contributed by atoms with E-state index in [2.05, 4.69) is 137 Å². The Balaban J connectivity index is 1.30. The van der Waals surface area contributed by atoms with Crippen LogP contribution >= 0.6 is 11.8 Å². The molecule has 0 bridgehead atoms. The summed E-state index contributed by atoms with van der Waals surface area (Å²) in [4.78, 5) is 8.94. The maximum atomic E-state index is 6.68. The number of H-pyrrole nitrogens is 1. The molecule has 2 aromatic heterocycles. The van der Waals surface area contributed by atoms with Crippen LogP contribution in [0.3, 0.4) is 0 Å². The van der Waals surface area contributed by atoms with Gasteiger partial charge in [0.1, 0.15) is 11.2 Å². The fourth-order valence-corrected chi connectivity index (χ4v) is 8.98. The van der Waals surface area contributed by atoms with Crippen molar-refractivity contribution >= 4 is 102 Å². The molecule has 0 amide bonds. The second kappa shape index (κ2) is 8.62. The molecule has 7 aromatic carbocycles. The summed E-state index contributed by atoms with van der Waals surface area (Å²) in [6.45, 7) is 0. The zero-order valence-corrected chi connectivity index (χ0v) is 24.9. The lowest BCUT2D eigenvalue weighted by atomic mass is 9.57. The minimum atomic E-state index is 0.850. The maximum absolute atomic E-state index is 6.68. The number of rotatable bonds is 1. The van der Waals surface area contributed by atoms with Crippen molar-refractivity contribution in [3.8, 4) is 11.1 Å². The van der Waals surface area contributed by atoms with Crippen LogP contribution in [0.5, 0.6) is 0 Å². The molecule has 11 rings (SSSR count). The third kappa shape index (κ3) is 3.18. The first-order chi connectivity index (χ1) is 22.3. The first-order valence-corrected chi connectivity index (χ1v) is 16.2. The molecule has 0 unspecified atom stereocenters. The highest BCUT2D eigenvalue weighted by Gasteiger charge is 2.35. The number of para-hydroxylation sites is 4. The van der Waals surface area contributed by atoms with Gasteiger partial charge in [-0.25, -0.2) is 0 Å². The van der Waals surface area contributed by atoms with E-state index in [4.69, 9.17) is 4.42 Å². The van der Waals surface area contributed by atoms with E-state index in [-0.39, 0.29) is 0 Å². The molecule has 0 saturated heterocycles. The minimum Gasteiger partial charge on any atom is -0.456 e. The lowest BCUT2D eigenvalue weighted by Gasteiger charge is -2.39. The molecule has 0 atom stereocenters. The Labute approximate surface area is 263 Å². The van der Waals surface area contributed by atoms with Crippen LogP contribution in [0.25, 0.3) is 65.6 Å². The minimum absolute atomic E-state index is 0.850. The zero-order valence-electron chi connectivity index (χ0n) is 24.1. The maximum Gasteiger partial charge on any atom is 0.198 e. The molecule has 0 radical (unpaired) electrons. The topological polar surface area (TPSA) is 32.2 Å². The number of nitrogens with zero attached hydrogens (tertiary/aromatic N) is 1. The highest BCUT2D eigenvalue weighted by atomic mass is 32.2. The number of anilines is 3. The van der Waals surface area contributed by atoms with E-state index in [0.717, 1.165) is 34.9 Å². The normalized spacial score (nSPS) is 13.4. The SMILES string of the molecule is B1c2cccc3c2N(c2ccccc2S3)c2cc3oc4ccccc4c3c(-c3cccc4c3[nH]c3cc5ccccc5cc34)c21. The Kier molecular flexibility index (Phi) is 4.60. The molecule has 2 aliphatic rings. The summed E-state index contributed by atoms with van der Waals surface area (Å²) in [7, 11) is 0.850. The van der Waals surface area contributed by atoms with Gasteiger partial charge in [-0.2, -0.15) is 0 Å². The van der Waals surface area contributed by atoms with Crippen LogP contribution in [0, 0.1) is 0 Å². The monoisotopic (exact) mass is 590 g/mol. The molecule has 4 heterocycles. The lowest BCUT2D eigenvalue weighted by Crippen LogP contribution is -2.42. The van der Waals surface area contributed by atoms with Crippen LogP contribution in [0.2, 0.25) is 0 Å². The Morgan fingerprint density at radius 1 is 0.622 bits per heavy atom. The second-order valence-electron chi connectivity index (χ2n) is 12.2. The van der Waals surface area contributed by atoms with E-state index in [9.17, 15) is 0 Å². The number of nitrogens with one attached hydrogen (secondary N) is 1. The largest absolute Gasteiger partial charge is 0.456 e. The van der Waals surface area contributed by atoms with Gasteiger partial charge in [-0.15, -0.1) is 0 Å². The van der Waals surface area contributed by atoms with Gasteiger partial charge in [0.2, 0.25) is 0 Å². The number of aromatic nitrogens is 1. The lowest BCUT2D eigenvalue weighted by molar-refractivity contribution is 0.669. The summed E-state index contributed by atoms with van der Waals surface area (Å²) in [5, 5.41) is 7.32. The van der Waals surface area contributed by atoms with Gasteiger partial charge in [-0.05, 0) is 58.2 Å². The van der Waals surface area contributed by atoms with Crippen molar-refractivity contribution in [2.45, 2.75) is 9.79 Å². The molecular weight excluding hydrogens is 567 g/mol. The Morgan fingerprint density at radius 2 is 1.40 bits per heavy atom. The standard InChI is InChI=1S/C40H23BN2OS/c1-2-10-23-20-29-27(19-22(23)9-1)24-12-7-13-26(39(24)42-29)37-36-25-11-3-5-16-32(25)44-33(36)21-31-38(37)41-28-14-8-18-35-40(28)43(31)30-15-4-6-17-34(30)45-35/h1-21,41-42H. The van der Waals surface area contributed by atoms with Crippen LogP contribution < -0.4 is 15.8 Å². The first kappa shape index (κ1) is 24.0. The quantitative estimate of drug-likeness (QED) is 0.193. The molecule has 0 saturated carbocycles. The molecular formula is C40H23BN2OS. The molecule has 2 aliphatic heterocycles. The molecule has 5 heteroatoms. The van der Waals surface area contributed by atoms with Crippen molar-refractivity contribution in [3.05, 3.63) is 127 Å². The summed E-state index contributed by atoms with van der Waals surface area (Å²) in [5.74, 6) is 0. The first-order valence-electron chi connectivity index (χ1n) is 15.4. The summed E-state index contributed by atoms with van der Waals surface area (Å²) in [6.07, 6.45) is 0. The van der Waals surface area contributed by atoms with Crippen LogP contribution in [0.4, 0.5) is 17.1 Å². The Bertz CT molecular complexity index is 2740. The molecule has 9 aromatic rings. The summed E-state index contributed by atoms with van der Waals surface area (Å²) < 4.78 is 6.68. The van der Waals surface area contributed by atoms with Gasteiger partial charge in [0.15, 0.2) is 7.28 Å². The Hall–Kier alpha value is -5.39. The molecule has 0 fully saturated rings. The average molecular weight is 591 g/mol. The van der Waals surface area contributed by atoms with E-state index in [1.54, 1.807) is 0 Å². The smallest absolute Gasteiger partial charge is 0.198 e. The molecule has 208 valence electrons. The van der Waals surface area contributed by atoms with Crippen molar-refractivity contribution in [2.24, 2.45) is 0 Å². The van der Waals surface area contributed by atoms with E-state index in [1.165, 1.54) is 75.8 Å². The van der Waals surface area contributed by atoms with Gasteiger partial charge in [0.25, 0.3) is 0 Å². The van der Waals surface area contributed by atoms with E-state index < -0.39 is 0 Å². The van der Waals surface area contributed by atoms with E-state index in [0.29, 0.717) is 0 Å². The van der Waals surface area contributed by atoms with Gasteiger partial charge in [0.05, 0.1) is 16.9 Å². The number of aromatic amines is 1. The van der Waals surface area contributed by atoms with Crippen molar-refractivity contribution in [2.75, 3.05) is 4.90 Å². The molecule has 0 aliphatic carbocycles. The second-order valence-corrected chi connectivity index (χ2v) is 13.2. The summed E-state index contributed by atoms with van der Waals surface area (Å²) in [6, 6.07) is 46.3. The predicted octanol–water partition coefficient (Wildman–Crippen LogP) is 9.68. The fourth-order valence-electron chi connectivity index (χ4n) is 7.87. The van der Waals surface area contributed by atoms with Crippen molar-refractivity contribution in [1.82, 2.24) is 4.98 Å². The van der Waals surface area contributed by atoms with Crippen LogP contribution in [-0.2, 0) is 0 Å². The van der Waals surface area contributed by atoms with E-state index >= 15 is 0 Å². The highest BCUT2D eigenvalue weighted by molar-refractivity contribution is 7.99. The van der Waals surface area contributed by atoms with Crippen molar-refractivity contribution < 1.29 is 4.42 Å². The van der Waals surface area contributed by atoms with Gasteiger partial charge in [-0.1, -0.05) is 102 Å². The van der Waals surface area contributed by atoms with Crippen LogP contribution in [0.15, 0.2) is 142 Å². The van der Waals surface area contributed by atoms with Crippen molar-refractivity contribution in [1.29, 1.82) is 0 Å². The number of benzene rings is 7. The third-order valence-electron chi connectivity index (χ3n) is 9.76. The molecule has 1 N–H and O–H groups in total. The van der Waals surface area contributed by atoms with Crippen LogP contribution in [-0.4, -0.2) is 12.3 Å². The number of hydrogen-bond acceptors (Lipinski definition) is 3. The summed E-state index contributed by atoms with van der Waals surface area (Å²) in [5.41, 5.74) is 13.0. The van der Waals surface area contributed by atoms with Gasteiger partial charge in [0, 0.05) is 54.2 Å². The highest BCUT2D eigenvalue weighted by Crippen LogP contribution is 2.53. The van der Waals surface area contributed by atoms with Gasteiger partial charge in [-0.3, -0.25) is 0 Å². The fraction of sp³-hybridized carbons (Fsp3) is 0. The molecule has 0 spiro atoms. The van der Waals surface area contributed by atoms with Crippen LogP contribution in [0.1, 0.15) is 0 Å². The molecule has 45 heavy (non-hydrogen) atoms. The zero-order chi connectivity index (χ0) is 29.2. The van der Waals surface area contributed by atoms with E-state index in [1.807, 2.05) is 11.8 Å². The third-order valence-corrected chi connectivity index (χ3v) is 10.9. The predicted molar refractivity (Wildman–Crippen MR) is 191 cm³/mol. The summed E-state index contributed by atoms with van der Waals surface area (Å²) >= 11 is 1.87. The number of furan rings is 1. The Morgan fingerprint density at radius 3 is 2.36 bits per heavy atom. The van der Waals surface area contributed by atoms with Crippen molar-refractivity contribution in [3.63, 3.8) is 0 Å². The number of hydrogen-bond donors (Lipinski definition) is 1.